The Morgan fingerprint density at radius 2 is 1.00 bits per heavy atom. The van der Waals surface area contributed by atoms with Crippen LogP contribution in [0.2, 0.25) is 0 Å². The van der Waals surface area contributed by atoms with E-state index in [2.05, 4.69) is 70.9 Å². The standard InChI is InChI=1S/C27H44N4S5/c1-5-9-17-28(18-10-6-2)26(33)35-21-30-23-15-13-14-16-24(23)31(25(30)32)22-36-27(34)29(19-11-7-3)20-12-8-4/h13-16H,5-12,17-22H2,1-4H3. The van der Waals surface area contributed by atoms with Gasteiger partial charge in [0.25, 0.3) is 0 Å². The van der Waals surface area contributed by atoms with Gasteiger partial charge in [-0.05, 0) is 50.0 Å². The predicted molar refractivity (Wildman–Crippen MR) is 174 cm³/mol. The van der Waals surface area contributed by atoms with Crippen LogP contribution >= 0.6 is 60.2 Å². The number of imidazole rings is 1. The molecule has 0 amide bonds. The third kappa shape index (κ3) is 9.61. The molecule has 0 spiro atoms. The van der Waals surface area contributed by atoms with E-state index in [9.17, 15) is 0 Å². The average molecular weight is 585 g/mol. The van der Waals surface area contributed by atoms with Crippen LogP contribution in [0.4, 0.5) is 0 Å². The van der Waals surface area contributed by atoms with Gasteiger partial charge in [0.2, 0.25) is 0 Å². The van der Waals surface area contributed by atoms with Crippen LogP contribution in [0.1, 0.15) is 79.1 Å². The largest absolute Gasteiger partial charge is 0.357 e. The van der Waals surface area contributed by atoms with E-state index < -0.39 is 0 Å². The Morgan fingerprint density at radius 3 is 1.31 bits per heavy atom. The van der Waals surface area contributed by atoms with Crippen molar-refractivity contribution in [2.24, 2.45) is 0 Å². The van der Waals surface area contributed by atoms with E-state index in [1.807, 2.05) is 0 Å². The molecular weight excluding hydrogens is 541 g/mol. The molecule has 0 radical (unpaired) electrons. The predicted octanol–water partition coefficient (Wildman–Crippen LogP) is 8.93. The number of thiocarbonyl (C=S) groups is 2. The molecule has 0 atom stereocenters. The topological polar surface area (TPSA) is 16.3 Å². The van der Waals surface area contributed by atoms with E-state index in [1.165, 1.54) is 51.4 Å². The summed E-state index contributed by atoms with van der Waals surface area (Å²) in [7, 11) is 0. The Morgan fingerprint density at radius 1 is 0.667 bits per heavy atom. The summed E-state index contributed by atoms with van der Waals surface area (Å²) in [4.78, 5) is 4.76. The molecule has 2 aromatic rings. The number of para-hydroxylation sites is 2. The summed E-state index contributed by atoms with van der Waals surface area (Å²) in [5.41, 5.74) is 2.32. The van der Waals surface area contributed by atoms with Crippen LogP contribution in [0, 0.1) is 4.77 Å². The second kappa shape index (κ2) is 17.8. The third-order valence-electron chi connectivity index (χ3n) is 6.20. The van der Waals surface area contributed by atoms with Crippen LogP contribution in [-0.4, -0.2) is 53.8 Å². The summed E-state index contributed by atoms with van der Waals surface area (Å²) in [6, 6.07) is 8.50. The zero-order valence-corrected chi connectivity index (χ0v) is 26.6. The van der Waals surface area contributed by atoms with Crippen molar-refractivity contribution in [2.45, 2.75) is 90.8 Å². The fraction of sp³-hybridized carbons (Fsp3) is 0.667. The molecule has 2 rings (SSSR count). The summed E-state index contributed by atoms with van der Waals surface area (Å²) in [5.74, 6) is 1.46. The molecule has 1 aromatic heterocycles. The van der Waals surface area contributed by atoms with Crippen LogP contribution in [0.5, 0.6) is 0 Å². The number of rotatable bonds is 16. The number of hydrogen-bond acceptors (Lipinski definition) is 5. The molecule has 1 heterocycles. The number of thioether (sulfide) groups is 2. The van der Waals surface area contributed by atoms with Gasteiger partial charge < -0.3 is 18.9 Å². The zero-order valence-electron chi connectivity index (χ0n) is 22.5. The molecule has 9 heteroatoms. The number of nitrogens with zero attached hydrogens (tertiary/aromatic N) is 4. The molecule has 0 aliphatic heterocycles. The van der Waals surface area contributed by atoms with Gasteiger partial charge in [0.05, 0.1) is 22.8 Å². The first-order valence-electron chi connectivity index (χ1n) is 13.5. The van der Waals surface area contributed by atoms with E-state index in [0.29, 0.717) is 0 Å². The smallest absolute Gasteiger partial charge is 0.182 e. The van der Waals surface area contributed by atoms with Crippen LogP contribution in [-0.2, 0) is 11.8 Å². The summed E-state index contributed by atoms with van der Waals surface area (Å²) < 4.78 is 7.26. The normalized spacial score (nSPS) is 11.2. The van der Waals surface area contributed by atoms with Crippen molar-refractivity contribution in [3.05, 3.63) is 29.0 Å². The lowest BCUT2D eigenvalue weighted by Crippen LogP contribution is -2.30. The first-order chi connectivity index (χ1) is 17.5. The van der Waals surface area contributed by atoms with Gasteiger partial charge in [0, 0.05) is 26.2 Å². The molecule has 0 aliphatic rings. The van der Waals surface area contributed by atoms with Gasteiger partial charge >= 0.3 is 0 Å². The fourth-order valence-corrected chi connectivity index (χ4v) is 6.83. The monoisotopic (exact) mass is 584 g/mol. The number of aromatic nitrogens is 2. The Labute approximate surface area is 243 Å². The van der Waals surface area contributed by atoms with E-state index >= 15 is 0 Å². The molecule has 0 unspecified atom stereocenters. The molecule has 0 saturated carbocycles. The lowest BCUT2D eigenvalue weighted by Gasteiger charge is -2.25. The number of benzene rings is 1. The van der Waals surface area contributed by atoms with Gasteiger partial charge in [0.1, 0.15) is 8.64 Å². The lowest BCUT2D eigenvalue weighted by molar-refractivity contribution is 0.410. The molecule has 4 nitrogen and oxygen atoms in total. The van der Waals surface area contributed by atoms with Crippen LogP contribution < -0.4 is 0 Å². The molecule has 0 bridgehead atoms. The van der Waals surface area contributed by atoms with Crippen molar-refractivity contribution < 1.29 is 0 Å². The Balaban J connectivity index is 2.16. The highest BCUT2D eigenvalue weighted by atomic mass is 32.2. The van der Waals surface area contributed by atoms with Gasteiger partial charge in [-0.1, -0.05) is 113 Å². The highest BCUT2D eigenvalue weighted by Crippen LogP contribution is 2.25. The van der Waals surface area contributed by atoms with Crippen molar-refractivity contribution in [3.8, 4) is 0 Å². The van der Waals surface area contributed by atoms with Crippen LogP contribution in [0.15, 0.2) is 24.3 Å². The molecule has 0 N–H and O–H groups in total. The van der Waals surface area contributed by atoms with E-state index in [4.69, 9.17) is 36.7 Å². The fourth-order valence-electron chi connectivity index (χ4n) is 3.93. The second-order valence-corrected chi connectivity index (χ2v) is 12.6. The molecule has 36 heavy (non-hydrogen) atoms. The molecule has 202 valence electrons. The number of fused-ring (bicyclic) bond motifs is 1. The minimum Gasteiger partial charge on any atom is -0.357 e. The maximum atomic E-state index is 5.99. The van der Waals surface area contributed by atoms with Gasteiger partial charge in [-0.15, -0.1) is 0 Å². The van der Waals surface area contributed by atoms with E-state index in [-0.39, 0.29) is 0 Å². The Hall–Kier alpha value is -0.610. The summed E-state index contributed by atoms with van der Waals surface area (Å²) in [5, 5.41) is 0. The Kier molecular flexibility index (Phi) is 15.6. The number of unbranched alkanes of at least 4 members (excludes halogenated alkanes) is 4. The van der Waals surface area contributed by atoms with Crippen LogP contribution in [0.3, 0.4) is 0 Å². The Bertz CT molecular complexity index is 908. The minimum absolute atomic E-state index is 0.730. The van der Waals surface area contributed by atoms with Gasteiger partial charge in [-0.2, -0.15) is 0 Å². The van der Waals surface area contributed by atoms with Crippen molar-refractivity contribution in [1.82, 2.24) is 18.9 Å². The van der Waals surface area contributed by atoms with Gasteiger partial charge in [0.15, 0.2) is 4.77 Å². The summed E-state index contributed by atoms with van der Waals surface area (Å²) in [6.07, 6.45) is 9.43. The maximum absolute atomic E-state index is 5.99. The zero-order chi connectivity index (χ0) is 26.3. The first-order valence-corrected chi connectivity index (χ1v) is 16.7. The van der Waals surface area contributed by atoms with Crippen LogP contribution in [0.25, 0.3) is 11.0 Å². The molecular formula is C27H44N4S5. The molecule has 0 aliphatic carbocycles. The average Bonchev–Trinajstić information content (AvgIpc) is 3.16. The van der Waals surface area contributed by atoms with Gasteiger partial charge in [-0.25, -0.2) is 0 Å². The maximum Gasteiger partial charge on any atom is 0.182 e. The third-order valence-corrected chi connectivity index (χ3v) is 9.65. The summed E-state index contributed by atoms with van der Waals surface area (Å²) >= 11 is 21.2. The SMILES string of the molecule is CCCCN(CCCC)C(=S)SCn1c(=S)n(CSC(=S)N(CCCC)CCCC)c2ccccc21. The molecule has 1 aromatic carbocycles. The van der Waals surface area contributed by atoms with E-state index in [1.54, 1.807) is 23.5 Å². The quantitative estimate of drug-likeness (QED) is 0.181. The molecule has 0 saturated heterocycles. The minimum atomic E-state index is 0.730. The molecule has 0 fully saturated rings. The van der Waals surface area contributed by atoms with E-state index in [0.717, 1.165) is 62.4 Å². The van der Waals surface area contributed by atoms with Gasteiger partial charge in [-0.3, -0.25) is 0 Å². The highest BCUT2D eigenvalue weighted by molar-refractivity contribution is 8.22. The van der Waals surface area contributed by atoms with Crippen molar-refractivity contribution >= 4 is 79.9 Å². The number of hydrogen-bond donors (Lipinski definition) is 0. The first kappa shape index (κ1) is 31.6. The second-order valence-electron chi connectivity index (χ2n) is 9.09. The lowest BCUT2D eigenvalue weighted by atomic mass is 10.3. The van der Waals surface area contributed by atoms with Crippen molar-refractivity contribution in [1.29, 1.82) is 0 Å². The van der Waals surface area contributed by atoms with Crippen molar-refractivity contribution in [3.63, 3.8) is 0 Å². The van der Waals surface area contributed by atoms with Crippen molar-refractivity contribution in [2.75, 3.05) is 26.2 Å². The summed E-state index contributed by atoms with van der Waals surface area (Å²) in [6.45, 7) is 13.1. The highest BCUT2D eigenvalue weighted by Gasteiger charge is 2.16.